The first-order chi connectivity index (χ1) is 35.0. The van der Waals surface area contributed by atoms with Gasteiger partial charge in [-0.05, 0) is 39.5 Å². The lowest BCUT2D eigenvalue weighted by Crippen LogP contribution is -2.44. The lowest BCUT2D eigenvalue weighted by molar-refractivity contribution is -0.197. The number of ether oxygens (including phenoxy) is 2. The molecular weight excluding hydrogens is 1130 g/mol. The second-order valence-electron chi connectivity index (χ2n) is 12.2. The molecule has 0 radical (unpaired) electrons. The van der Waals surface area contributed by atoms with Gasteiger partial charge >= 0.3 is 0 Å². The summed E-state index contributed by atoms with van der Waals surface area (Å²) in [6.45, 7) is 9.91. The van der Waals surface area contributed by atoms with E-state index in [2.05, 4.69) is 40.5 Å². The summed E-state index contributed by atoms with van der Waals surface area (Å²) in [6.07, 6.45) is 11.5. The number of amides is 9. The van der Waals surface area contributed by atoms with Crippen LogP contribution >= 0.6 is 23.2 Å². The van der Waals surface area contributed by atoms with E-state index in [0.717, 1.165) is 51.4 Å². The predicted molar refractivity (Wildman–Crippen MR) is 257 cm³/mol. The van der Waals surface area contributed by atoms with E-state index in [9.17, 15) is 47.5 Å². The van der Waals surface area contributed by atoms with Gasteiger partial charge in [-0.15, -0.1) is 23.2 Å². The molecule has 22 nitrogen and oxygen atoms in total. The van der Waals surface area contributed by atoms with Crippen molar-refractivity contribution in [3.8, 4) is 6.07 Å². The van der Waals surface area contributed by atoms with Crippen molar-refractivity contribution in [2.75, 3.05) is 26.8 Å². The lowest BCUT2D eigenvalue weighted by Gasteiger charge is -2.21. The van der Waals surface area contributed by atoms with Crippen molar-refractivity contribution >= 4 is 76.4 Å². The first-order valence-electron chi connectivity index (χ1n) is 20.4. The predicted octanol–water partition coefficient (Wildman–Crippen LogP) is 6.10. The summed E-state index contributed by atoms with van der Waals surface area (Å²) in [7, 11) is 2.71. The maximum Gasteiger partial charge on any atom is 0.277 e. The van der Waals surface area contributed by atoms with Crippen LogP contribution < -0.4 is 51.6 Å². The van der Waals surface area contributed by atoms with Crippen LogP contribution in [0.1, 0.15) is 138 Å². The summed E-state index contributed by atoms with van der Waals surface area (Å²) in [5.41, 5.74) is 42.4. The minimum atomic E-state index is -1.28. The molecule has 0 rings (SSSR count). The summed E-state index contributed by atoms with van der Waals surface area (Å²) in [4.78, 5) is 89.0. The van der Waals surface area contributed by atoms with E-state index in [4.69, 9.17) is 123 Å². The van der Waals surface area contributed by atoms with Crippen molar-refractivity contribution in [1.29, 1.82) is 5.26 Å². The molecule has 76 heavy (non-hydrogen) atoms. The Morgan fingerprint density at radius 1 is 0.526 bits per heavy atom. The molecule has 9 amide bonds. The van der Waals surface area contributed by atoms with Gasteiger partial charge in [0.25, 0.3) is 5.91 Å². The van der Waals surface area contributed by atoms with Crippen molar-refractivity contribution in [3.63, 3.8) is 0 Å². The Hall–Kier alpha value is -5.80. The fraction of sp³-hybridized carbons (Fsp3) is 0.737. The number of primary amides is 9. The fourth-order valence-corrected chi connectivity index (χ4v) is 2.46. The lowest BCUT2D eigenvalue weighted by atomic mass is 10.1. The smallest absolute Gasteiger partial charge is 0.277 e. The molecule has 2 atom stereocenters. The zero-order valence-corrected chi connectivity index (χ0v) is 44.8. The number of nitrogens with two attached hydrogens (primary N) is 9. The summed E-state index contributed by atoms with van der Waals surface area (Å²) >= 11 is 10.3. The third kappa shape index (κ3) is 200. The highest BCUT2D eigenvalue weighted by molar-refractivity contribution is 6.35. The zero-order valence-electron chi connectivity index (χ0n) is 43.3. The fourth-order valence-electron chi connectivity index (χ4n) is 2.31. The van der Waals surface area contributed by atoms with Gasteiger partial charge in [-0.25, -0.2) is 4.39 Å². The average Bonchev–Trinajstić information content (AvgIpc) is 3.39. The molecule has 0 saturated heterocycles. The Kier molecular flexibility index (Phi) is 171. The normalized spacial score (nSPS) is 8.67. The number of unbranched alkanes of at least 4 members (excludes halogenated alkanes) is 6. The maximum absolute atomic E-state index is 10.6. The maximum atomic E-state index is 10.6. The summed E-state index contributed by atoms with van der Waals surface area (Å²) in [5, 5.41) is 15.1. The third-order valence-corrected chi connectivity index (χ3v) is 6.88. The van der Waals surface area contributed by atoms with Crippen LogP contribution in [0, 0.1) is 11.3 Å². The number of aliphatic hydroxyl groups is 1. The number of aliphatic hydroxyl groups excluding tert-OH is 1. The molecule has 466 valence electrons. The van der Waals surface area contributed by atoms with E-state index in [1.807, 2.05) is 13.8 Å². The zero-order chi connectivity index (χ0) is 64.0. The van der Waals surface area contributed by atoms with Crippen molar-refractivity contribution in [2.45, 2.75) is 155 Å². The number of carbonyl (C=O) groups excluding carboxylic acids is 9. The molecule has 0 aromatic heterocycles. The Bertz CT molecular complexity index is 1270. The molecule has 38 heteroatoms. The van der Waals surface area contributed by atoms with Crippen molar-refractivity contribution in [3.05, 3.63) is 0 Å². The minimum absolute atomic E-state index is 0. The van der Waals surface area contributed by atoms with Gasteiger partial charge in [0.05, 0.1) is 6.07 Å². The van der Waals surface area contributed by atoms with Crippen LogP contribution in [0.2, 0.25) is 0 Å². The Balaban J connectivity index is -0.0000000372. The van der Waals surface area contributed by atoms with Crippen LogP contribution in [0.3, 0.4) is 0 Å². The van der Waals surface area contributed by atoms with E-state index in [1.165, 1.54) is 40.9 Å². The highest BCUT2D eigenvalue weighted by atomic mass is 35.5. The number of carbonyl (C=O) groups is 9. The van der Waals surface area contributed by atoms with Crippen LogP contribution in [0.5, 0.6) is 0 Å². The Labute approximate surface area is 442 Å². The molecule has 2 unspecified atom stereocenters. The molecule has 0 aliphatic carbocycles. The Morgan fingerprint density at radius 2 is 0.789 bits per heavy atom. The highest BCUT2D eigenvalue weighted by Crippen LogP contribution is 2.07. The second kappa shape index (κ2) is 114. The van der Waals surface area contributed by atoms with E-state index in [-0.39, 0.29) is 40.6 Å². The van der Waals surface area contributed by atoms with E-state index in [1.54, 1.807) is 6.07 Å². The molecule has 0 bridgehead atoms. The topological polar surface area (TPSA) is 450 Å². The van der Waals surface area contributed by atoms with Gasteiger partial charge < -0.3 is 66.2 Å². The highest BCUT2D eigenvalue weighted by Gasteiger charge is 2.29. The van der Waals surface area contributed by atoms with Gasteiger partial charge in [-0.1, -0.05) is 66.2 Å². The number of rotatable bonds is 22. The van der Waals surface area contributed by atoms with Gasteiger partial charge in [-0.3, -0.25) is 47.9 Å². The monoisotopic (exact) mass is 1200 g/mol. The number of nitrogens with zero attached hydrogens (tertiary/aromatic N) is 1. The molecule has 0 aliphatic heterocycles. The Morgan fingerprint density at radius 3 is 0.882 bits per heavy atom. The molecular formula is C38H80Cl2F14N10O12. The first kappa shape index (κ1) is 114. The minimum Gasteiger partial charge on any atom is -0.384 e. The van der Waals surface area contributed by atoms with Crippen LogP contribution in [0.4, 0.5) is 64.0 Å². The largest absolute Gasteiger partial charge is 0.384 e. The number of halogens is 16. The van der Waals surface area contributed by atoms with Crippen molar-refractivity contribution < 1.29 is 122 Å². The van der Waals surface area contributed by atoms with E-state index in [0.29, 0.717) is 25.7 Å². The second-order valence-corrected chi connectivity index (χ2v) is 13.0. The van der Waals surface area contributed by atoms with E-state index >= 15 is 0 Å². The number of hydrogen-bond acceptors (Lipinski definition) is 13. The summed E-state index contributed by atoms with van der Waals surface area (Å²) < 4.78 is 116. The quantitative estimate of drug-likeness (QED) is 0.0254. The van der Waals surface area contributed by atoms with Gasteiger partial charge in [0, 0.05) is 101 Å². The van der Waals surface area contributed by atoms with Gasteiger partial charge in [-0.2, -0.15) is 5.26 Å². The number of hydrogen-bond donors (Lipinski definition) is 10. The van der Waals surface area contributed by atoms with Crippen LogP contribution in [-0.4, -0.2) is 102 Å². The molecule has 0 heterocycles. The number of nitriles is 1. The molecule has 19 N–H and O–H groups in total. The summed E-state index contributed by atoms with van der Waals surface area (Å²) in [5.74, 6) is -5.33. The molecule has 0 aromatic rings. The molecule has 0 saturated carbocycles. The van der Waals surface area contributed by atoms with Gasteiger partial charge in [0.15, 0.2) is 6.67 Å². The standard InChI is InChI=1S/C7H15NO.C6H13NO.C5H11NO3.C5H11NO.C4H9NO.C3H5Cl2NO.C3H4N2O.C3H7NO2.C2H4FNO.6F2.FH/c1-2-3-4-5-6-7(8)9;1-2-3-4-5-6(7)8;1-5(8-2,9-3)4(6)7;1-2-3-4-5(6)7;1-2-3-4(5)6;4-1-2(5)3(6)7;4-2-1-3(5)6;1-2(5)3(4)6;3-1-2(4)5;6*1-2;/h2-6H2,1H3,(H2,8,9);2-5H2,1H3,(H2,7,8);1-3H3,(H2,6,7);2-4H2,1H3,(H2,6,7);2-3H2,1H3,(H2,5,6);2H,1H2,(H2,6,7);1H2,(H2,5,6);2,5H,1H3,(H2,4,6);1H2,(H2,4,5);;;;;;;1H. The van der Waals surface area contributed by atoms with E-state index < -0.39 is 53.5 Å². The molecule has 0 fully saturated rings. The summed E-state index contributed by atoms with van der Waals surface area (Å²) in [6, 6.07) is 1.59. The van der Waals surface area contributed by atoms with Gasteiger partial charge in [0.1, 0.15) is 17.9 Å². The van der Waals surface area contributed by atoms with Crippen LogP contribution in [0.25, 0.3) is 0 Å². The van der Waals surface area contributed by atoms with Crippen LogP contribution in [0.15, 0.2) is 0 Å². The van der Waals surface area contributed by atoms with Gasteiger partial charge in [0.2, 0.25) is 53.0 Å². The van der Waals surface area contributed by atoms with Crippen LogP contribution in [-0.2, 0) is 52.6 Å². The number of alkyl halides is 3. The molecule has 0 spiro atoms. The molecule has 0 aliphatic rings. The third-order valence-electron chi connectivity index (χ3n) is 6.04. The van der Waals surface area contributed by atoms with Crippen molar-refractivity contribution in [1.82, 2.24) is 0 Å². The number of methoxy groups -OCH3 is 2. The first-order valence-corrected chi connectivity index (χ1v) is 21.3. The average molecular weight is 1210 g/mol. The van der Waals surface area contributed by atoms with Crippen molar-refractivity contribution in [2.24, 2.45) is 51.6 Å². The molecule has 0 aromatic carbocycles. The SMILES string of the molecule is CC(O)C(N)=O.CCCC(N)=O.CCCCC(N)=O.CCCCCC(N)=O.CCCCCCC(N)=O.COC(C)(OC)C(N)=O.F.FF.FF.FF.FF.FF.FF.N#CCC(N)=O.NC(=O)C(Cl)CCl.NC(=O)CF.